The summed E-state index contributed by atoms with van der Waals surface area (Å²) in [7, 11) is 1.82. The van der Waals surface area contributed by atoms with Crippen molar-refractivity contribution in [2.45, 2.75) is 32.1 Å². The number of Topliss-reactive ketones (excluding diaryl/α,β-unsaturated/α-hetero) is 1. The zero-order valence-electron chi connectivity index (χ0n) is 8.38. The van der Waals surface area contributed by atoms with Gasteiger partial charge < -0.3 is 0 Å². The molecule has 1 aromatic rings. The molecule has 2 rings (SSSR count). The van der Waals surface area contributed by atoms with Gasteiger partial charge in [0, 0.05) is 24.9 Å². The standard InChI is InChI=1S/C10H13ClN2O/c1-6(14)5-8-9(7-3-4-7)12-13(2)10(8)11/h7H,3-5H2,1-2H3. The van der Waals surface area contributed by atoms with Crippen molar-refractivity contribution in [2.24, 2.45) is 7.05 Å². The normalized spacial score (nSPS) is 15.9. The van der Waals surface area contributed by atoms with Crippen LogP contribution in [0.1, 0.15) is 36.9 Å². The Balaban J connectivity index is 2.37. The first-order chi connectivity index (χ1) is 6.59. The summed E-state index contributed by atoms with van der Waals surface area (Å²) in [5.74, 6) is 0.685. The van der Waals surface area contributed by atoms with Crippen LogP contribution in [-0.4, -0.2) is 15.6 Å². The lowest BCUT2D eigenvalue weighted by molar-refractivity contribution is -0.116. The highest BCUT2D eigenvalue weighted by molar-refractivity contribution is 6.30. The molecule has 0 aliphatic heterocycles. The van der Waals surface area contributed by atoms with Gasteiger partial charge in [0.1, 0.15) is 10.9 Å². The zero-order chi connectivity index (χ0) is 10.3. The summed E-state index contributed by atoms with van der Waals surface area (Å²) in [6.45, 7) is 1.58. The molecule has 0 aromatic carbocycles. The van der Waals surface area contributed by atoms with Crippen LogP contribution in [0.25, 0.3) is 0 Å². The van der Waals surface area contributed by atoms with Gasteiger partial charge in [-0.05, 0) is 19.8 Å². The lowest BCUT2D eigenvalue weighted by atomic mass is 10.1. The number of ketones is 1. The average molecular weight is 213 g/mol. The van der Waals surface area contributed by atoms with Gasteiger partial charge in [-0.2, -0.15) is 5.10 Å². The van der Waals surface area contributed by atoms with Crippen molar-refractivity contribution in [1.29, 1.82) is 0 Å². The largest absolute Gasteiger partial charge is 0.300 e. The molecule has 76 valence electrons. The summed E-state index contributed by atoms with van der Waals surface area (Å²) in [5, 5.41) is 4.97. The molecule has 1 saturated carbocycles. The van der Waals surface area contributed by atoms with Gasteiger partial charge in [-0.15, -0.1) is 0 Å². The summed E-state index contributed by atoms with van der Waals surface area (Å²) in [6.07, 6.45) is 2.77. The molecule has 1 aromatic heterocycles. The van der Waals surface area contributed by atoms with Crippen molar-refractivity contribution >= 4 is 17.4 Å². The fourth-order valence-electron chi connectivity index (χ4n) is 1.66. The molecule has 0 radical (unpaired) electrons. The maximum Gasteiger partial charge on any atom is 0.134 e. The van der Waals surface area contributed by atoms with Crippen LogP contribution in [0.15, 0.2) is 0 Å². The van der Waals surface area contributed by atoms with E-state index in [4.69, 9.17) is 11.6 Å². The Morgan fingerprint density at radius 2 is 2.29 bits per heavy atom. The van der Waals surface area contributed by atoms with Crippen molar-refractivity contribution in [1.82, 2.24) is 9.78 Å². The van der Waals surface area contributed by atoms with E-state index in [1.165, 1.54) is 12.8 Å². The van der Waals surface area contributed by atoms with E-state index in [1.54, 1.807) is 11.6 Å². The van der Waals surface area contributed by atoms with Gasteiger partial charge in [0.15, 0.2) is 0 Å². The van der Waals surface area contributed by atoms with Crippen LogP contribution in [0.2, 0.25) is 5.15 Å². The van der Waals surface area contributed by atoms with Gasteiger partial charge in [0.25, 0.3) is 0 Å². The molecular weight excluding hydrogens is 200 g/mol. The molecular formula is C10H13ClN2O. The first-order valence-corrected chi connectivity index (χ1v) is 5.18. The fourth-order valence-corrected chi connectivity index (χ4v) is 1.87. The number of rotatable bonds is 3. The Labute approximate surface area is 88.1 Å². The van der Waals surface area contributed by atoms with E-state index < -0.39 is 0 Å². The molecule has 0 atom stereocenters. The van der Waals surface area contributed by atoms with Gasteiger partial charge in [-0.1, -0.05) is 11.6 Å². The van der Waals surface area contributed by atoms with E-state index in [0.29, 0.717) is 17.5 Å². The van der Waals surface area contributed by atoms with Gasteiger partial charge in [-0.25, -0.2) is 0 Å². The van der Waals surface area contributed by atoms with Crippen molar-refractivity contribution in [2.75, 3.05) is 0 Å². The summed E-state index contributed by atoms with van der Waals surface area (Å²) < 4.78 is 1.66. The third-order valence-corrected chi connectivity index (χ3v) is 2.96. The lowest BCUT2D eigenvalue weighted by Gasteiger charge is -1.97. The molecule has 3 nitrogen and oxygen atoms in total. The van der Waals surface area contributed by atoms with Gasteiger partial charge >= 0.3 is 0 Å². The smallest absolute Gasteiger partial charge is 0.134 e. The van der Waals surface area contributed by atoms with E-state index in [2.05, 4.69) is 5.10 Å². The predicted octanol–water partition coefficient (Wildman–Crippen LogP) is 2.08. The Hall–Kier alpha value is -0.830. The Morgan fingerprint density at radius 1 is 1.64 bits per heavy atom. The highest BCUT2D eigenvalue weighted by Gasteiger charge is 2.31. The van der Waals surface area contributed by atoms with Gasteiger partial charge in [-0.3, -0.25) is 9.48 Å². The number of hydrogen-bond donors (Lipinski definition) is 0. The number of carbonyl (C=O) groups is 1. The van der Waals surface area contributed by atoms with Crippen molar-refractivity contribution in [3.63, 3.8) is 0 Å². The quantitative estimate of drug-likeness (QED) is 0.769. The summed E-state index contributed by atoms with van der Waals surface area (Å²) >= 11 is 6.08. The number of halogens is 1. The first-order valence-electron chi connectivity index (χ1n) is 4.80. The van der Waals surface area contributed by atoms with Crippen LogP contribution in [0.3, 0.4) is 0 Å². The summed E-state index contributed by atoms with van der Waals surface area (Å²) in [5.41, 5.74) is 1.97. The Morgan fingerprint density at radius 3 is 2.79 bits per heavy atom. The van der Waals surface area contributed by atoms with Crippen LogP contribution in [0, 0.1) is 0 Å². The van der Waals surface area contributed by atoms with E-state index in [1.807, 2.05) is 7.05 Å². The van der Waals surface area contributed by atoms with Crippen molar-refractivity contribution < 1.29 is 4.79 Å². The third-order valence-electron chi connectivity index (χ3n) is 2.49. The minimum absolute atomic E-state index is 0.141. The number of aromatic nitrogens is 2. The van der Waals surface area contributed by atoms with E-state index in [9.17, 15) is 4.79 Å². The zero-order valence-corrected chi connectivity index (χ0v) is 9.14. The number of carbonyl (C=O) groups excluding carboxylic acids is 1. The molecule has 1 heterocycles. The molecule has 4 heteroatoms. The van der Waals surface area contributed by atoms with E-state index in [0.717, 1.165) is 11.3 Å². The molecule has 1 aliphatic rings. The number of hydrogen-bond acceptors (Lipinski definition) is 2. The first kappa shape index (κ1) is 9.71. The topological polar surface area (TPSA) is 34.9 Å². The average Bonchev–Trinajstić information content (AvgIpc) is 2.88. The van der Waals surface area contributed by atoms with E-state index >= 15 is 0 Å². The maximum atomic E-state index is 11.1. The molecule has 0 amide bonds. The molecule has 0 N–H and O–H groups in total. The van der Waals surface area contributed by atoms with Crippen LogP contribution >= 0.6 is 11.6 Å². The van der Waals surface area contributed by atoms with E-state index in [-0.39, 0.29) is 5.78 Å². The molecule has 0 spiro atoms. The highest BCUT2D eigenvalue weighted by atomic mass is 35.5. The minimum atomic E-state index is 0.141. The molecule has 0 unspecified atom stereocenters. The summed E-state index contributed by atoms with van der Waals surface area (Å²) in [4.78, 5) is 11.1. The second kappa shape index (κ2) is 3.39. The van der Waals surface area contributed by atoms with Crippen LogP contribution < -0.4 is 0 Å². The third kappa shape index (κ3) is 1.69. The monoisotopic (exact) mass is 212 g/mol. The molecule has 0 bridgehead atoms. The van der Waals surface area contributed by atoms with Crippen LogP contribution in [0.4, 0.5) is 0 Å². The van der Waals surface area contributed by atoms with Gasteiger partial charge in [0.05, 0.1) is 5.69 Å². The molecule has 0 saturated heterocycles. The predicted molar refractivity (Wildman–Crippen MR) is 54.6 cm³/mol. The number of nitrogens with zero attached hydrogens (tertiary/aromatic N) is 2. The fraction of sp³-hybridized carbons (Fsp3) is 0.600. The molecule has 1 aliphatic carbocycles. The highest BCUT2D eigenvalue weighted by Crippen LogP contribution is 2.42. The van der Waals surface area contributed by atoms with Gasteiger partial charge in [0.2, 0.25) is 0 Å². The lowest BCUT2D eigenvalue weighted by Crippen LogP contribution is -1.98. The van der Waals surface area contributed by atoms with Crippen LogP contribution in [0.5, 0.6) is 0 Å². The summed E-state index contributed by atoms with van der Waals surface area (Å²) in [6, 6.07) is 0. The Bertz CT molecular complexity index is 380. The minimum Gasteiger partial charge on any atom is -0.300 e. The Kier molecular flexibility index (Phi) is 2.35. The second-order valence-corrected chi connectivity index (χ2v) is 4.29. The van der Waals surface area contributed by atoms with Crippen LogP contribution in [-0.2, 0) is 18.3 Å². The number of aryl methyl sites for hydroxylation is 1. The SMILES string of the molecule is CC(=O)Cc1c(C2CC2)nn(C)c1Cl. The second-order valence-electron chi connectivity index (χ2n) is 3.93. The molecule has 1 fully saturated rings. The van der Waals surface area contributed by atoms with Crippen molar-refractivity contribution in [3.8, 4) is 0 Å². The van der Waals surface area contributed by atoms with Crippen molar-refractivity contribution in [3.05, 3.63) is 16.4 Å². The molecule has 14 heavy (non-hydrogen) atoms. The maximum absolute atomic E-state index is 11.1.